The molecule has 0 aliphatic carbocycles. The molecule has 0 saturated heterocycles. The maximum Gasteiger partial charge on any atom is 0.500 e. The summed E-state index contributed by atoms with van der Waals surface area (Å²) in [5.41, 5.74) is 0. The van der Waals surface area contributed by atoms with Gasteiger partial charge in [-0.2, -0.15) is 0 Å². The van der Waals surface area contributed by atoms with Crippen LogP contribution in [0.4, 0.5) is 0 Å². The SMILES string of the molecule is CCO[Si](CCCC(CC)NC(=O)CCCO)(OCC)OCC. The molecule has 0 aromatic rings. The Morgan fingerprint density at radius 3 is 2.04 bits per heavy atom. The first-order chi connectivity index (χ1) is 11.1. The van der Waals surface area contributed by atoms with Gasteiger partial charge in [0.05, 0.1) is 0 Å². The van der Waals surface area contributed by atoms with Crippen molar-refractivity contribution in [2.75, 3.05) is 26.4 Å². The summed E-state index contributed by atoms with van der Waals surface area (Å²) in [4.78, 5) is 11.8. The van der Waals surface area contributed by atoms with Crippen LogP contribution in [-0.2, 0) is 18.1 Å². The molecule has 0 aromatic heterocycles. The summed E-state index contributed by atoms with van der Waals surface area (Å²) in [7, 11) is -2.58. The fraction of sp³-hybridized carbons (Fsp3) is 0.938. The summed E-state index contributed by atoms with van der Waals surface area (Å²) in [5.74, 6) is 0.00818. The average Bonchev–Trinajstić information content (AvgIpc) is 2.52. The van der Waals surface area contributed by atoms with Crippen LogP contribution in [0.1, 0.15) is 59.8 Å². The molecule has 0 saturated carbocycles. The predicted octanol–water partition coefficient (Wildman–Crippen LogP) is 2.48. The summed E-state index contributed by atoms with van der Waals surface area (Å²) in [6.45, 7) is 9.73. The van der Waals surface area contributed by atoms with Gasteiger partial charge in [-0.15, -0.1) is 0 Å². The Labute approximate surface area is 142 Å². The van der Waals surface area contributed by atoms with E-state index in [1.54, 1.807) is 0 Å². The van der Waals surface area contributed by atoms with Gasteiger partial charge in [-0.1, -0.05) is 6.92 Å². The van der Waals surface area contributed by atoms with Crippen LogP contribution < -0.4 is 5.32 Å². The monoisotopic (exact) mass is 349 g/mol. The Bertz CT molecular complexity index is 287. The van der Waals surface area contributed by atoms with Gasteiger partial charge in [-0.25, -0.2) is 0 Å². The Balaban J connectivity index is 4.38. The van der Waals surface area contributed by atoms with E-state index < -0.39 is 8.80 Å². The van der Waals surface area contributed by atoms with Crippen LogP contribution in [0, 0.1) is 0 Å². The van der Waals surface area contributed by atoms with Gasteiger partial charge in [0.25, 0.3) is 0 Å². The van der Waals surface area contributed by atoms with E-state index in [1.165, 1.54) is 0 Å². The van der Waals surface area contributed by atoms with Gasteiger partial charge < -0.3 is 23.7 Å². The van der Waals surface area contributed by atoms with Gasteiger partial charge in [0.15, 0.2) is 0 Å². The smallest absolute Gasteiger partial charge is 0.396 e. The van der Waals surface area contributed by atoms with Gasteiger partial charge in [0.1, 0.15) is 0 Å². The van der Waals surface area contributed by atoms with Crippen molar-refractivity contribution >= 4 is 14.7 Å². The summed E-state index contributed by atoms with van der Waals surface area (Å²) < 4.78 is 17.5. The van der Waals surface area contributed by atoms with Crippen molar-refractivity contribution in [2.45, 2.75) is 71.9 Å². The second-order valence-electron chi connectivity index (χ2n) is 5.37. The molecule has 7 heteroatoms. The van der Waals surface area contributed by atoms with Crippen molar-refractivity contribution in [3.63, 3.8) is 0 Å². The van der Waals surface area contributed by atoms with E-state index in [1.807, 2.05) is 20.8 Å². The highest BCUT2D eigenvalue weighted by Crippen LogP contribution is 2.20. The predicted molar refractivity (Wildman–Crippen MR) is 93.2 cm³/mol. The van der Waals surface area contributed by atoms with Crippen LogP contribution in [0.25, 0.3) is 0 Å². The van der Waals surface area contributed by atoms with Crippen LogP contribution in [-0.4, -0.2) is 52.3 Å². The van der Waals surface area contributed by atoms with E-state index in [0.717, 1.165) is 25.3 Å². The zero-order chi connectivity index (χ0) is 17.6. The van der Waals surface area contributed by atoms with E-state index >= 15 is 0 Å². The van der Waals surface area contributed by atoms with Crippen molar-refractivity contribution in [3.8, 4) is 0 Å². The Morgan fingerprint density at radius 2 is 1.61 bits per heavy atom. The molecule has 138 valence electrons. The molecule has 0 rings (SSSR count). The fourth-order valence-electron chi connectivity index (χ4n) is 2.48. The highest BCUT2D eigenvalue weighted by Gasteiger charge is 2.39. The van der Waals surface area contributed by atoms with E-state index in [9.17, 15) is 4.79 Å². The molecule has 0 spiro atoms. The lowest BCUT2D eigenvalue weighted by Crippen LogP contribution is -2.46. The van der Waals surface area contributed by atoms with Crippen LogP contribution in [0.15, 0.2) is 0 Å². The van der Waals surface area contributed by atoms with Crippen molar-refractivity contribution < 1.29 is 23.2 Å². The number of hydrogen-bond donors (Lipinski definition) is 2. The minimum Gasteiger partial charge on any atom is -0.396 e. The van der Waals surface area contributed by atoms with Crippen molar-refractivity contribution in [1.29, 1.82) is 0 Å². The molecule has 1 atom stereocenters. The third kappa shape index (κ3) is 10.1. The highest BCUT2D eigenvalue weighted by molar-refractivity contribution is 6.60. The van der Waals surface area contributed by atoms with E-state index in [-0.39, 0.29) is 18.6 Å². The molecule has 0 radical (unpaired) electrons. The van der Waals surface area contributed by atoms with Crippen LogP contribution >= 0.6 is 0 Å². The van der Waals surface area contributed by atoms with Gasteiger partial charge in [-0.3, -0.25) is 4.79 Å². The third-order valence-corrected chi connectivity index (χ3v) is 6.70. The van der Waals surface area contributed by atoms with Crippen LogP contribution in [0.2, 0.25) is 6.04 Å². The lowest BCUT2D eigenvalue weighted by molar-refractivity contribution is -0.122. The minimum atomic E-state index is -2.58. The minimum absolute atomic E-state index is 0.00818. The number of aliphatic hydroxyl groups excluding tert-OH is 1. The lowest BCUT2D eigenvalue weighted by atomic mass is 10.1. The van der Waals surface area contributed by atoms with Gasteiger partial charge >= 0.3 is 8.80 Å². The molecule has 1 amide bonds. The number of amides is 1. The first kappa shape index (κ1) is 22.5. The molecule has 0 heterocycles. The second-order valence-corrected chi connectivity index (χ2v) is 8.11. The number of hydrogen-bond acceptors (Lipinski definition) is 5. The molecule has 0 aromatic carbocycles. The average molecular weight is 350 g/mol. The maximum atomic E-state index is 11.8. The molecule has 6 nitrogen and oxygen atoms in total. The molecule has 0 aliphatic heterocycles. The zero-order valence-electron chi connectivity index (χ0n) is 15.2. The normalized spacial score (nSPS) is 13.1. The standard InChI is InChI=1S/C16H35NO5Si/c1-5-15(17-16(19)12-9-13-18)11-10-14-23(20-6-2,21-7-3)22-8-4/h15,18H,5-14H2,1-4H3,(H,17,19). The summed E-state index contributed by atoms with van der Waals surface area (Å²) in [6, 6.07) is 0.920. The molecule has 0 fully saturated rings. The van der Waals surface area contributed by atoms with Gasteiger partial charge in [0.2, 0.25) is 5.91 Å². The molecule has 2 N–H and O–H groups in total. The second kappa shape index (κ2) is 13.9. The number of rotatable bonds is 15. The quantitative estimate of drug-likeness (QED) is 0.444. The highest BCUT2D eigenvalue weighted by atomic mass is 28.4. The number of aliphatic hydroxyl groups is 1. The zero-order valence-corrected chi connectivity index (χ0v) is 16.2. The number of carbonyl (C=O) groups excluding carboxylic acids is 1. The molecule has 0 aliphatic rings. The summed E-state index contributed by atoms with van der Waals surface area (Å²) in [5, 5.41) is 11.8. The third-order valence-electron chi connectivity index (χ3n) is 3.55. The Morgan fingerprint density at radius 1 is 1.04 bits per heavy atom. The van der Waals surface area contributed by atoms with Crippen molar-refractivity contribution in [3.05, 3.63) is 0 Å². The Hall–Kier alpha value is -0.473. The van der Waals surface area contributed by atoms with Gasteiger partial charge in [-0.05, 0) is 46.5 Å². The summed E-state index contributed by atoms with van der Waals surface area (Å²) >= 11 is 0. The largest absolute Gasteiger partial charge is 0.500 e. The van der Waals surface area contributed by atoms with Gasteiger partial charge in [0, 0.05) is 44.9 Å². The Kier molecular flexibility index (Phi) is 13.6. The van der Waals surface area contributed by atoms with Crippen LogP contribution in [0.5, 0.6) is 0 Å². The topological polar surface area (TPSA) is 77.0 Å². The van der Waals surface area contributed by atoms with E-state index in [0.29, 0.717) is 32.7 Å². The fourth-order valence-corrected chi connectivity index (χ4v) is 5.12. The molecular weight excluding hydrogens is 314 g/mol. The first-order valence-electron chi connectivity index (χ1n) is 8.89. The van der Waals surface area contributed by atoms with Crippen molar-refractivity contribution in [2.24, 2.45) is 0 Å². The van der Waals surface area contributed by atoms with E-state index in [4.69, 9.17) is 18.4 Å². The lowest BCUT2D eigenvalue weighted by Gasteiger charge is -2.29. The molecule has 1 unspecified atom stereocenters. The number of carbonyl (C=O) groups is 1. The van der Waals surface area contributed by atoms with E-state index in [2.05, 4.69) is 12.2 Å². The first-order valence-corrected chi connectivity index (χ1v) is 10.8. The number of nitrogens with one attached hydrogen (secondary N) is 1. The molecule has 0 bridgehead atoms. The molecular formula is C16H35NO5Si. The summed E-state index contributed by atoms with van der Waals surface area (Å²) in [6.07, 6.45) is 3.55. The molecule has 23 heavy (non-hydrogen) atoms. The van der Waals surface area contributed by atoms with Crippen molar-refractivity contribution in [1.82, 2.24) is 5.32 Å². The maximum absolute atomic E-state index is 11.8. The van der Waals surface area contributed by atoms with Crippen LogP contribution in [0.3, 0.4) is 0 Å².